The molecule has 0 aliphatic rings. The minimum atomic E-state index is -4.25. The molecule has 8 nitrogen and oxygen atoms in total. The second kappa shape index (κ2) is 19.6. The van der Waals surface area contributed by atoms with Gasteiger partial charge in [-0.05, 0) is 65.8 Å². The van der Waals surface area contributed by atoms with E-state index in [2.05, 4.69) is 102 Å². The molecule has 49 heavy (non-hydrogen) atoms. The van der Waals surface area contributed by atoms with Crippen molar-refractivity contribution < 1.29 is 37.2 Å². The van der Waals surface area contributed by atoms with Gasteiger partial charge in [0.05, 0.1) is 60.2 Å². The third-order valence-electron chi connectivity index (χ3n) is 9.56. The second-order valence-corrected chi connectivity index (χ2v) is 13.9. The van der Waals surface area contributed by atoms with Crippen LogP contribution in [0.3, 0.4) is 0 Å². The van der Waals surface area contributed by atoms with E-state index in [4.69, 9.17) is 10.2 Å². The molecule has 4 aromatic carbocycles. The van der Waals surface area contributed by atoms with Gasteiger partial charge in [-0.3, -0.25) is 0 Å². The average molecular weight is 691 g/mol. The van der Waals surface area contributed by atoms with Gasteiger partial charge in [-0.15, -0.1) is 0 Å². The van der Waals surface area contributed by atoms with E-state index < -0.39 is 42.7 Å². The van der Waals surface area contributed by atoms with Crippen molar-refractivity contribution in [3.8, 4) is 0 Å². The standard InChI is InChI=1S/C14H10O6S.2C13H22N/c15-13(16)9-5-1-3-7-11(9)21(19,20)12-8-4-2-6-10(12)14(17)18;2*1-4-14(5-2,6-3)12-13-10-8-7-9-11-13/h1-8H,(H,15,16)(H,17,18);2*7-11H,4-6,12H2,1-3H3/q;2*+1. The van der Waals surface area contributed by atoms with Gasteiger partial charge in [0.15, 0.2) is 0 Å². The smallest absolute Gasteiger partial charge is 0.337 e. The largest absolute Gasteiger partial charge is 0.478 e. The monoisotopic (exact) mass is 690 g/mol. The Bertz CT molecular complexity index is 1560. The molecule has 0 aromatic heterocycles. The second-order valence-electron chi connectivity index (χ2n) is 12.0. The van der Waals surface area contributed by atoms with Crippen LogP contribution in [0, 0.1) is 0 Å². The van der Waals surface area contributed by atoms with Gasteiger partial charge in [-0.1, -0.05) is 84.9 Å². The Morgan fingerprint density at radius 3 is 1.00 bits per heavy atom. The van der Waals surface area contributed by atoms with Gasteiger partial charge in [-0.2, -0.15) is 0 Å². The molecule has 0 saturated heterocycles. The highest BCUT2D eigenvalue weighted by Crippen LogP contribution is 2.27. The number of rotatable bonds is 14. The molecular formula is C40H54N2O6S+2. The maximum absolute atomic E-state index is 12.6. The highest BCUT2D eigenvalue weighted by Gasteiger charge is 2.28. The number of benzene rings is 4. The summed E-state index contributed by atoms with van der Waals surface area (Å²) in [5.41, 5.74) is 2.10. The van der Waals surface area contributed by atoms with Gasteiger partial charge >= 0.3 is 11.9 Å². The molecule has 0 heterocycles. The number of aromatic carboxylic acids is 2. The number of carboxylic acid groups (broad SMARTS) is 2. The van der Waals surface area contributed by atoms with Crippen LogP contribution in [-0.4, -0.2) is 78.8 Å². The summed E-state index contributed by atoms with van der Waals surface area (Å²) < 4.78 is 27.5. The molecule has 264 valence electrons. The van der Waals surface area contributed by atoms with E-state index in [-0.39, 0.29) is 0 Å². The van der Waals surface area contributed by atoms with E-state index >= 15 is 0 Å². The summed E-state index contributed by atoms with van der Waals surface area (Å²) >= 11 is 0. The van der Waals surface area contributed by atoms with E-state index in [1.807, 2.05) is 0 Å². The predicted molar refractivity (Wildman–Crippen MR) is 196 cm³/mol. The molecule has 0 radical (unpaired) electrons. The lowest BCUT2D eigenvalue weighted by Gasteiger charge is -2.35. The Morgan fingerprint density at radius 1 is 0.469 bits per heavy atom. The summed E-state index contributed by atoms with van der Waals surface area (Å²) in [7, 11) is -4.25. The Kier molecular flexibility index (Phi) is 16.4. The number of sulfone groups is 1. The number of quaternary nitrogens is 2. The Morgan fingerprint density at radius 2 is 0.735 bits per heavy atom. The zero-order valence-corrected chi connectivity index (χ0v) is 30.7. The number of carboxylic acids is 2. The molecule has 0 spiro atoms. The van der Waals surface area contributed by atoms with Crippen LogP contribution in [0.2, 0.25) is 0 Å². The maximum atomic E-state index is 12.6. The zero-order valence-electron chi connectivity index (χ0n) is 29.9. The summed E-state index contributed by atoms with van der Waals surface area (Å²) in [5.74, 6) is -2.80. The van der Waals surface area contributed by atoms with Crippen LogP contribution in [0.4, 0.5) is 0 Å². The van der Waals surface area contributed by atoms with E-state index in [9.17, 15) is 18.0 Å². The third-order valence-corrected chi connectivity index (χ3v) is 11.4. The first-order valence-corrected chi connectivity index (χ1v) is 18.5. The molecule has 0 aliphatic carbocycles. The molecule has 9 heteroatoms. The topological polar surface area (TPSA) is 109 Å². The van der Waals surface area contributed by atoms with Crippen LogP contribution in [0.15, 0.2) is 119 Å². The van der Waals surface area contributed by atoms with Crippen molar-refractivity contribution in [3.05, 3.63) is 131 Å². The third kappa shape index (κ3) is 11.4. The summed E-state index contributed by atoms with van der Waals surface area (Å²) in [6.07, 6.45) is 0. The van der Waals surface area contributed by atoms with Gasteiger partial charge in [0.25, 0.3) is 0 Å². The minimum Gasteiger partial charge on any atom is -0.478 e. The molecule has 0 saturated carbocycles. The van der Waals surface area contributed by atoms with E-state index in [1.165, 1.54) is 96.7 Å². The van der Waals surface area contributed by atoms with Crippen molar-refractivity contribution in [2.75, 3.05) is 39.3 Å². The molecular weight excluding hydrogens is 637 g/mol. The molecule has 0 amide bonds. The van der Waals surface area contributed by atoms with Gasteiger partial charge in [0.2, 0.25) is 9.84 Å². The van der Waals surface area contributed by atoms with E-state index in [0.29, 0.717) is 0 Å². The molecule has 4 aromatic rings. The Hall–Kier alpha value is -4.31. The van der Waals surface area contributed by atoms with E-state index in [1.54, 1.807) is 0 Å². The molecule has 0 bridgehead atoms. The highest BCUT2D eigenvalue weighted by molar-refractivity contribution is 7.91. The quantitative estimate of drug-likeness (QED) is 0.130. The van der Waals surface area contributed by atoms with Crippen LogP contribution in [-0.2, 0) is 22.9 Å². The van der Waals surface area contributed by atoms with Crippen LogP contribution in [0.5, 0.6) is 0 Å². The molecule has 0 atom stereocenters. The maximum Gasteiger partial charge on any atom is 0.337 e. The van der Waals surface area contributed by atoms with Crippen molar-refractivity contribution >= 4 is 21.8 Å². The lowest BCUT2D eigenvalue weighted by molar-refractivity contribution is -0.936. The highest BCUT2D eigenvalue weighted by atomic mass is 32.2. The van der Waals surface area contributed by atoms with Crippen molar-refractivity contribution in [2.45, 2.75) is 64.4 Å². The zero-order chi connectivity index (χ0) is 36.5. The SMILES string of the molecule is CC[N+](CC)(CC)Cc1ccccc1.CC[N+](CC)(CC)Cc1ccccc1.O=C(O)c1ccccc1S(=O)(=O)c1ccccc1C(=O)O. The minimum absolute atomic E-state index is 0.405. The van der Waals surface area contributed by atoms with Gasteiger partial charge in [0, 0.05) is 11.1 Å². The van der Waals surface area contributed by atoms with Crippen LogP contribution in [0.25, 0.3) is 0 Å². The average Bonchev–Trinajstić information content (AvgIpc) is 3.14. The number of hydrogen-bond acceptors (Lipinski definition) is 4. The van der Waals surface area contributed by atoms with Gasteiger partial charge < -0.3 is 19.2 Å². The van der Waals surface area contributed by atoms with Gasteiger partial charge in [0.1, 0.15) is 13.1 Å². The van der Waals surface area contributed by atoms with E-state index in [0.717, 1.165) is 24.3 Å². The van der Waals surface area contributed by atoms with Crippen molar-refractivity contribution in [2.24, 2.45) is 0 Å². The van der Waals surface area contributed by atoms with Crippen LogP contribution >= 0.6 is 0 Å². The fraction of sp³-hybridized carbons (Fsp3) is 0.350. The number of nitrogens with zero attached hydrogens (tertiary/aromatic N) is 2. The van der Waals surface area contributed by atoms with Crippen molar-refractivity contribution in [3.63, 3.8) is 0 Å². The van der Waals surface area contributed by atoms with Crippen molar-refractivity contribution in [1.29, 1.82) is 0 Å². The van der Waals surface area contributed by atoms with Gasteiger partial charge in [-0.25, -0.2) is 18.0 Å². The normalized spacial score (nSPS) is 11.4. The lowest BCUT2D eigenvalue weighted by atomic mass is 10.2. The summed E-state index contributed by atoms with van der Waals surface area (Å²) in [6.45, 7) is 23.4. The molecule has 2 N–H and O–H groups in total. The molecule has 0 aliphatic heterocycles. The molecule has 4 rings (SSSR count). The number of carbonyl (C=O) groups is 2. The first-order chi connectivity index (χ1) is 23.4. The summed E-state index contributed by atoms with van der Waals surface area (Å²) in [6, 6.07) is 31.7. The fourth-order valence-corrected chi connectivity index (χ4v) is 7.47. The van der Waals surface area contributed by atoms with Crippen LogP contribution < -0.4 is 0 Å². The fourth-order valence-electron chi connectivity index (χ4n) is 5.83. The summed E-state index contributed by atoms with van der Waals surface area (Å²) in [5, 5.41) is 18.1. The summed E-state index contributed by atoms with van der Waals surface area (Å²) in [4.78, 5) is 21.4. The van der Waals surface area contributed by atoms with Crippen LogP contribution in [0.1, 0.15) is 73.4 Å². The van der Waals surface area contributed by atoms with Crippen molar-refractivity contribution in [1.82, 2.24) is 0 Å². The first kappa shape index (κ1) is 40.9. The predicted octanol–water partition coefficient (Wildman–Crippen LogP) is 8.04. The lowest BCUT2D eigenvalue weighted by Crippen LogP contribution is -2.46. The first-order valence-electron chi connectivity index (χ1n) is 17.1. The Labute approximate surface area is 293 Å². The number of hydrogen-bond donors (Lipinski definition) is 2. The molecule has 0 unspecified atom stereocenters. The Balaban J connectivity index is 0.000000264. The molecule has 0 fully saturated rings.